The van der Waals surface area contributed by atoms with Gasteiger partial charge in [0, 0.05) is 17.3 Å². The number of likely N-dealkylation sites (tertiary alicyclic amines) is 1. The Morgan fingerprint density at radius 3 is 2.14 bits per heavy atom. The molecular formula is C33H46N6O5. The summed E-state index contributed by atoms with van der Waals surface area (Å²) in [5, 5.41) is 20.7. The monoisotopic (exact) mass is 606 g/mol. The SMILES string of the molecule is CC[C@H](C)[C@H](NC(=O)[C@@H]1CCCN1CC(=O)[C@H](Cc1ccccc1)NC(=O)OCc1ccccc1)C(=O)NCC(C)C.N#N. The van der Waals surface area contributed by atoms with E-state index >= 15 is 0 Å². The zero-order valence-corrected chi connectivity index (χ0v) is 26.2. The van der Waals surface area contributed by atoms with Crippen molar-refractivity contribution in [3.05, 3.63) is 71.8 Å². The molecule has 44 heavy (non-hydrogen) atoms. The molecule has 2 aromatic rings. The number of ketones is 1. The molecule has 0 saturated carbocycles. The minimum Gasteiger partial charge on any atom is -0.445 e. The first-order chi connectivity index (χ1) is 21.2. The maximum atomic E-state index is 13.6. The second-order valence-electron chi connectivity index (χ2n) is 11.6. The molecule has 1 aliphatic rings. The van der Waals surface area contributed by atoms with Gasteiger partial charge in [-0.05, 0) is 48.8 Å². The van der Waals surface area contributed by atoms with Crippen molar-refractivity contribution >= 4 is 23.7 Å². The summed E-state index contributed by atoms with van der Waals surface area (Å²) in [5.41, 5.74) is 1.75. The largest absolute Gasteiger partial charge is 0.445 e. The summed E-state index contributed by atoms with van der Waals surface area (Å²) in [7, 11) is 0. The van der Waals surface area contributed by atoms with Gasteiger partial charge in [0.1, 0.15) is 12.6 Å². The third-order valence-corrected chi connectivity index (χ3v) is 7.68. The van der Waals surface area contributed by atoms with E-state index in [1.165, 1.54) is 0 Å². The van der Waals surface area contributed by atoms with Crippen molar-refractivity contribution in [1.29, 1.82) is 10.8 Å². The summed E-state index contributed by atoms with van der Waals surface area (Å²) in [6, 6.07) is 16.8. The summed E-state index contributed by atoms with van der Waals surface area (Å²) in [5.74, 6) is -0.387. The average molecular weight is 607 g/mol. The molecule has 1 aliphatic heterocycles. The van der Waals surface area contributed by atoms with E-state index in [4.69, 9.17) is 15.5 Å². The first-order valence-corrected chi connectivity index (χ1v) is 15.2. The number of benzene rings is 2. The van der Waals surface area contributed by atoms with Crippen LogP contribution in [0, 0.1) is 22.6 Å². The fourth-order valence-corrected chi connectivity index (χ4v) is 4.99. The Bertz CT molecular complexity index is 1210. The van der Waals surface area contributed by atoms with Crippen LogP contribution in [0.2, 0.25) is 0 Å². The number of nitrogens with zero attached hydrogens (tertiary/aromatic N) is 3. The van der Waals surface area contributed by atoms with Crippen molar-refractivity contribution in [2.45, 2.75) is 78.1 Å². The van der Waals surface area contributed by atoms with E-state index in [-0.39, 0.29) is 36.7 Å². The summed E-state index contributed by atoms with van der Waals surface area (Å²) in [6.45, 7) is 9.19. The van der Waals surface area contributed by atoms with Gasteiger partial charge in [0.2, 0.25) is 11.8 Å². The van der Waals surface area contributed by atoms with E-state index in [1.807, 2.05) is 93.3 Å². The molecule has 238 valence electrons. The summed E-state index contributed by atoms with van der Waals surface area (Å²) >= 11 is 0. The molecule has 11 nitrogen and oxygen atoms in total. The summed E-state index contributed by atoms with van der Waals surface area (Å²) in [4.78, 5) is 54.5. The molecule has 0 bridgehead atoms. The van der Waals surface area contributed by atoms with Gasteiger partial charge in [-0.2, -0.15) is 0 Å². The number of carbonyl (C=O) groups is 4. The fourth-order valence-electron chi connectivity index (χ4n) is 4.99. The normalized spacial score (nSPS) is 16.5. The van der Waals surface area contributed by atoms with Gasteiger partial charge in [0.05, 0.1) is 18.6 Å². The Kier molecular flexibility index (Phi) is 15.6. The standard InChI is InChI=1S/C33H46N4O5.N2/c1-5-24(4)30(32(40)34-20-23(2)3)36-31(39)28-17-12-18-37(28)21-29(38)27(19-25-13-8-6-9-14-25)35-33(41)42-22-26-15-10-7-11-16-26;1-2/h6-11,13-16,23-24,27-28,30H,5,12,17-22H2,1-4H3,(H,34,40)(H,35,41)(H,36,39);/t24-,27-,28-,30-;/m0./s1. The van der Waals surface area contributed by atoms with Crippen LogP contribution < -0.4 is 16.0 Å². The molecule has 3 rings (SSSR count). The second-order valence-corrected chi connectivity index (χ2v) is 11.6. The van der Waals surface area contributed by atoms with E-state index in [0.29, 0.717) is 31.8 Å². The number of rotatable bonds is 15. The van der Waals surface area contributed by atoms with Crippen LogP contribution in [0.15, 0.2) is 60.7 Å². The molecule has 4 atom stereocenters. The third kappa shape index (κ3) is 11.8. The van der Waals surface area contributed by atoms with Crippen LogP contribution in [-0.4, -0.2) is 66.4 Å². The van der Waals surface area contributed by atoms with Gasteiger partial charge < -0.3 is 20.7 Å². The highest BCUT2D eigenvalue weighted by Gasteiger charge is 2.36. The van der Waals surface area contributed by atoms with Crippen LogP contribution in [0.5, 0.6) is 0 Å². The number of ether oxygens (including phenoxy) is 1. The predicted molar refractivity (Wildman–Crippen MR) is 166 cm³/mol. The molecule has 0 unspecified atom stereocenters. The molecule has 0 spiro atoms. The predicted octanol–water partition coefficient (Wildman–Crippen LogP) is 3.89. The molecule has 1 heterocycles. The van der Waals surface area contributed by atoms with Gasteiger partial charge in [-0.1, -0.05) is 94.8 Å². The molecule has 0 aromatic heterocycles. The Balaban J connectivity index is 0.00000330. The Morgan fingerprint density at radius 2 is 1.55 bits per heavy atom. The lowest BCUT2D eigenvalue weighted by Gasteiger charge is -2.29. The highest BCUT2D eigenvalue weighted by molar-refractivity contribution is 5.92. The summed E-state index contributed by atoms with van der Waals surface area (Å²) in [6.07, 6.45) is 1.72. The van der Waals surface area contributed by atoms with E-state index in [2.05, 4.69) is 16.0 Å². The second kappa shape index (κ2) is 19.1. The topological polar surface area (TPSA) is 164 Å². The smallest absolute Gasteiger partial charge is 0.408 e. The highest BCUT2D eigenvalue weighted by atomic mass is 16.5. The lowest BCUT2D eigenvalue weighted by atomic mass is 9.97. The summed E-state index contributed by atoms with van der Waals surface area (Å²) < 4.78 is 5.39. The first-order valence-electron chi connectivity index (χ1n) is 15.2. The van der Waals surface area contributed by atoms with Crippen LogP contribution in [0.1, 0.15) is 58.1 Å². The molecular weight excluding hydrogens is 560 g/mol. The third-order valence-electron chi connectivity index (χ3n) is 7.68. The van der Waals surface area contributed by atoms with E-state index in [0.717, 1.165) is 24.0 Å². The number of amides is 3. The lowest BCUT2D eigenvalue weighted by molar-refractivity contribution is -0.133. The molecule has 3 amide bonds. The highest BCUT2D eigenvalue weighted by Crippen LogP contribution is 2.19. The van der Waals surface area contributed by atoms with Gasteiger partial charge in [0.25, 0.3) is 0 Å². The average Bonchev–Trinajstić information content (AvgIpc) is 3.50. The van der Waals surface area contributed by atoms with E-state index in [9.17, 15) is 19.2 Å². The van der Waals surface area contributed by atoms with Crippen LogP contribution >= 0.6 is 0 Å². The number of nitrogens with one attached hydrogen (secondary N) is 3. The molecule has 11 heteroatoms. The minimum atomic E-state index is -0.824. The number of hydrogen-bond acceptors (Lipinski definition) is 8. The van der Waals surface area contributed by atoms with Crippen molar-refractivity contribution < 1.29 is 23.9 Å². The zero-order chi connectivity index (χ0) is 32.5. The molecule has 2 aromatic carbocycles. The number of alkyl carbamates (subject to hydrolysis) is 1. The van der Waals surface area contributed by atoms with Crippen molar-refractivity contribution in [1.82, 2.24) is 20.9 Å². The first kappa shape index (κ1) is 35.9. The van der Waals surface area contributed by atoms with Crippen molar-refractivity contribution in [2.24, 2.45) is 11.8 Å². The fraction of sp³-hybridized carbons (Fsp3) is 0.515. The Labute approximate surface area is 260 Å². The van der Waals surface area contributed by atoms with Crippen molar-refractivity contribution in [2.75, 3.05) is 19.6 Å². The Hall–Kier alpha value is -4.30. The van der Waals surface area contributed by atoms with Crippen LogP contribution in [0.25, 0.3) is 0 Å². The number of hydrogen-bond donors (Lipinski definition) is 3. The number of Topliss-reactive ketones (excluding diaryl/α,β-unsaturated/α-hetero) is 1. The van der Waals surface area contributed by atoms with Crippen molar-refractivity contribution in [3.8, 4) is 0 Å². The van der Waals surface area contributed by atoms with Gasteiger partial charge in [-0.15, -0.1) is 0 Å². The maximum absolute atomic E-state index is 13.6. The molecule has 0 aliphatic carbocycles. The van der Waals surface area contributed by atoms with E-state index in [1.54, 1.807) is 0 Å². The van der Waals surface area contributed by atoms with Gasteiger partial charge in [-0.3, -0.25) is 19.3 Å². The molecule has 3 N–H and O–H groups in total. The van der Waals surface area contributed by atoms with Gasteiger partial charge in [0.15, 0.2) is 5.78 Å². The Morgan fingerprint density at radius 1 is 0.932 bits per heavy atom. The van der Waals surface area contributed by atoms with E-state index < -0.39 is 24.2 Å². The molecule has 1 fully saturated rings. The van der Waals surface area contributed by atoms with Crippen molar-refractivity contribution in [3.63, 3.8) is 0 Å². The van der Waals surface area contributed by atoms with Crippen LogP contribution in [0.4, 0.5) is 4.79 Å². The number of carbonyl (C=O) groups excluding carboxylic acids is 4. The maximum Gasteiger partial charge on any atom is 0.408 e. The lowest BCUT2D eigenvalue weighted by Crippen LogP contribution is -2.56. The minimum absolute atomic E-state index is 0.00208. The molecule has 0 radical (unpaired) electrons. The van der Waals surface area contributed by atoms with Gasteiger partial charge >= 0.3 is 6.09 Å². The van der Waals surface area contributed by atoms with Crippen LogP contribution in [0.3, 0.4) is 0 Å². The molecule has 1 saturated heterocycles. The van der Waals surface area contributed by atoms with Gasteiger partial charge in [-0.25, -0.2) is 4.79 Å². The van der Waals surface area contributed by atoms with Crippen LogP contribution in [-0.2, 0) is 32.1 Å². The zero-order valence-electron chi connectivity index (χ0n) is 26.2. The quantitative estimate of drug-likeness (QED) is 0.257.